The maximum absolute atomic E-state index is 13.2. The van der Waals surface area contributed by atoms with Crippen molar-refractivity contribution in [2.24, 2.45) is 0 Å². The van der Waals surface area contributed by atoms with Gasteiger partial charge < -0.3 is 0 Å². The van der Waals surface area contributed by atoms with Gasteiger partial charge in [0.2, 0.25) is 0 Å². The molecule has 138 valence electrons. The lowest BCUT2D eigenvalue weighted by atomic mass is 9.97. The predicted molar refractivity (Wildman–Crippen MR) is 118 cm³/mol. The van der Waals surface area contributed by atoms with Crippen LogP contribution in [0.2, 0.25) is 0 Å². The molecule has 0 spiro atoms. The van der Waals surface area contributed by atoms with Gasteiger partial charge in [-0.3, -0.25) is 4.98 Å². The molecule has 0 N–H and O–H groups in total. The van der Waals surface area contributed by atoms with Crippen molar-refractivity contribution in [2.45, 2.75) is 0 Å². The summed E-state index contributed by atoms with van der Waals surface area (Å²) >= 11 is 0. The summed E-state index contributed by atoms with van der Waals surface area (Å²) in [6.07, 6.45) is 1.81. The second kappa shape index (κ2) is 7.33. The first-order chi connectivity index (χ1) is 14.3. The minimum atomic E-state index is -0.217. The van der Waals surface area contributed by atoms with Gasteiger partial charge in [0.1, 0.15) is 5.82 Å². The van der Waals surface area contributed by atoms with Crippen molar-refractivity contribution < 1.29 is 4.39 Å². The Kier molecular flexibility index (Phi) is 4.38. The van der Waals surface area contributed by atoms with Gasteiger partial charge in [-0.15, -0.1) is 0 Å². The first-order valence-electron chi connectivity index (χ1n) is 9.58. The largest absolute Gasteiger partial charge is 0.256 e. The number of halogens is 1. The third-order valence-electron chi connectivity index (χ3n) is 5.20. The molecular formula is C27H18FN. The number of hydrogen-bond acceptors (Lipinski definition) is 1. The standard InChI is InChI=1S/C27H18FN/c28-26-14-12-20(13-15-26)24-11-7-21-6-10-23(17-25(21)18-24)19-4-8-22(9-5-19)27-3-1-2-16-29-27/h1-18H. The van der Waals surface area contributed by atoms with Gasteiger partial charge >= 0.3 is 0 Å². The van der Waals surface area contributed by atoms with Crippen LogP contribution in [0.1, 0.15) is 0 Å². The van der Waals surface area contributed by atoms with E-state index >= 15 is 0 Å². The van der Waals surface area contributed by atoms with E-state index < -0.39 is 0 Å². The van der Waals surface area contributed by atoms with Gasteiger partial charge in [0.25, 0.3) is 0 Å². The van der Waals surface area contributed by atoms with Gasteiger partial charge in [0.15, 0.2) is 0 Å². The molecular weight excluding hydrogens is 357 g/mol. The summed E-state index contributed by atoms with van der Waals surface area (Å²) in [5.74, 6) is -0.217. The molecule has 0 saturated carbocycles. The summed E-state index contributed by atoms with van der Waals surface area (Å²) in [4.78, 5) is 4.41. The lowest BCUT2D eigenvalue weighted by Crippen LogP contribution is -1.84. The van der Waals surface area contributed by atoms with E-state index in [1.54, 1.807) is 0 Å². The van der Waals surface area contributed by atoms with Crippen LogP contribution in [-0.2, 0) is 0 Å². The fourth-order valence-corrected chi connectivity index (χ4v) is 3.62. The van der Waals surface area contributed by atoms with Gasteiger partial charge in [0, 0.05) is 11.8 Å². The van der Waals surface area contributed by atoms with Crippen LogP contribution in [0, 0.1) is 5.82 Å². The zero-order valence-electron chi connectivity index (χ0n) is 15.7. The second-order valence-corrected chi connectivity index (χ2v) is 7.08. The van der Waals surface area contributed by atoms with E-state index in [-0.39, 0.29) is 5.82 Å². The first-order valence-corrected chi connectivity index (χ1v) is 9.58. The Hall–Kier alpha value is -3.78. The zero-order chi connectivity index (χ0) is 19.6. The molecule has 0 fully saturated rings. The highest BCUT2D eigenvalue weighted by Gasteiger charge is 2.04. The molecule has 0 atom stereocenters. The van der Waals surface area contributed by atoms with E-state index in [2.05, 4.69) is 65.6 Å². The van der Waals surface area contributed by atoms with E-state index in [1.807, 2.05) is 36.5 Å². The highest BCUT2D eigenvalue weighted by molar-refractivity contribution is 5.91. The molecule has 2 heteroatoms. The number of hydrogen-bond donors (Lipinski definition) is 0. The average molecular weight is 375 g/mol. The molecule has 0 aliphatic heterocycles. The summed E-state index contributed by atoms with van der Waals surface area (Å²) in [6.45, 7) is 0. The lowest BCUT2D eigenvalue weighted by molar-refractivity contribution is 0.628. The lowest BCUT2D eigenvalue weighted by Gasteiger charge is -2.08. The third kappa shape index (κ3) is 3.53. The molecule has 0 amide bonds. The molecule has 1 nitrogen and oxygen atoms in total. The van der Waals surface area contributed by atoms with E-state index in [1.165, 1.54) is 28.6 Å². The molecule has 0 aliphatic rings. The van der Waals surface area contributed by atoms with Crippen LogP contribution in [0.4, 0.5) is 4.39 Å². The Morgan fingerprint density at radius 2 is 1.03 bits per heavy atom. The summed E-state index contributed by atoms with van der Waals surface area (Å²) < 4.78 is 13.2. The van der Waals surface area contributed by atoms with Crippen molar-refractivity contribution in [1.29, 1.82) is 0 Å². The normalized spacial score (nSPS) is 10.9. The van der Waals surface area contributed by atoms with E-state index in [4.69, 9.17) is 0 Å². The van der Waals surface area contributed by atoms with Crippen molar-refractivity contribution in [3.05, 3.63) is 115 Å². The molecule has 0 unspecified atom stereocenters. The van der Waals surface area contributed by atoms with Crippen molar-refractivity contribution in [3.63, 3.8) is 0 Å². The van der Waals surface area contributed by atoms with Crippen LogP contribution < -0.4 is 0 Å². The fraction of sp³-hybridized carbons (Fsp3) is 0. The fourth-order valence-electron chi connectivity index (χ4n) is 3.62. The molecule has 0 aliphatic carbocycles. The van der Waals surface area contributed by atoms with E-state index in [9.17, 15) is 4.39 Å². The van der Waals surface area contributed by atoms with Gasteiger partial charge in [-0.05, 0) is 69.4 Å². The number of nitrogens with zero attached hydrogens (tertiary/aromatic N) is 1. The van der Waals surface area contributed by atoms with Gasteiger partial charge in [-0.2, -0.15) is 0 Å². The zero-order valence-corrected chi connectivity index (χ0v) is 15.7. The van der Waals surface area contributed by atoms with Crippen molar-refractivity contribution >= 4 is 10.8 Å². The van der Waals surface area contributed by atoms with E-state index in [0.717, 1.165) is 27.8 Å². The van der Waals surface area contributed by atoms with Gasteiger partial charge in [0.05, 0.1) is 5.69 Å². The average Bonchev–Trinajstić information content (AvgIpc) is 2.79. The molecule has 0 bridgehead atoms. The summed E-state index contributed by atoms with van der Waals surface area (Å²) in [5, 5.41) is 2.35. The highest BCUT2D eigenvalue weighted by Crippen LogP contribution is 2.30. The summed E-state index contributed by atoms with van der Waals surface area (Å²) in [5.41, 5.74) is 6.51. The topological polar surface area (TPSA) is 12.9 Å². The number of aromatic nitrogens is 1. The number of benzene rings is 4. The summed E-state index contributed by atoms with van der Waals surface area (Å²) in [6, 6.07) is 33.9. The van der Waals surface area contributed by atoms with Crippen molar-refractivity contribution in [2.75, 3.05) is 0 Å². The number of pyridine rings is 1. The van der Waals surface area contributed by atoms with Crippen molar-refractivity contribution in [1.82, 2.24) is 4.98 Å². The van der Waals surface area contributed by atoms with Gasteiger partial charge in [-0.25, -0.2) is 4.39 Å². The smallest absolute Gasteiger partial charge is 0.123 e. The molecule has 1 aromatic heterocycles. The van der Waals surface area contributed by atoms with Crippen LogP contribution >= 0.6 is 0 Å². The van der Waals surface area contributed by atoms with Gasteiger partial charge in [-0.1, -0.05) is 66.7 Å². The maximum Gasteiger partial charge on any atom is 0.123 e. The Labute approximate surface area is 169 Å². The Morgan fingerprint density at radius 3 is 1.62 bits per heavy atom. The molecule has 5 aromatic rings. The maximum atomic E-state index is 13.2. The number of rotatable bonds is 3. The molecule has 0 saturated heterocycles. The number of fused-ring (bicyclic) bond motifs is 1. The van der Waals surface area contributed by atoms with Crippen LogP contribution in [0.15, 0.2) is 109 Å². The second-order valence-electron chi connectivity index (χ2n) is 7.08. The third-order valence-corrected chi connectivity index (χ3v) is 5.20. The quantitative estimate of drug-likeness (QED) is 0.321. The SMILES string of the molecule is Fc1ccc(-c2ccc3ccc(-c4ccc(-c5ccccn5)cc4)cc3c2)cc1. The highest BCUT2D eigenvalue weighted by atomic mass is 19.1. The Bertz CT molecular complexity index is 1270. The Morgan fingerprint density at radius 1 is 0.483 bits per heavy atom. The van der Waals surface area contributed by atoms with Crippen LogP contribution in [0.3, 0.4) is 0 Å². The summed E-state index contributed by atoms with van der Waals surface area (Å²) in [7, 11) is 0. The molecule has 5 rings (SSSR count). The first kappa shape index (κ1) is 17.3. The van der Waals surface area contributed by atoms with Crippen LogP contribution in [0.5, 0.6) is 0 Å². The van der Waals surface area contributed by atoms with Crippen molar-refractivity contribution in [3.8, 4) is 33.5 Å². The predicted octanol–water partition coefficient (Wildman–Crippen LogP) is 7.37. The minimum Gasteiger partial charge on any atom is -0.256 e. The van der Waals surface area contributed by atoms with E-state index in [0.29, 0.717) is 0 Å². The monoisotopic (exact) mass is 375 g/mol. The van der Waals surface area contributed by atoms with Crippen LogP contribution in [-0.4, -0.2) is 4.98 Å². The minimum absolute atomic E-state index is 0.217. The molecule has 0 radical (unpaired) electrons. The molecule has 4 aromatic carbocycles. The Balaban J connectivity index is 1.51. The van der Waals surface area contributed by atoms with Crippen LogP contribution in [0.25, 0.3) is 44.3 Å². The molecule has 1 heterocycles. The molecule has 29 heavy (non-hydrogen) atoms.